The standard InChI is InChI=1S/C23H27N5O6.C11H13N3O2.C11H16N2O3.4H2S/c1-23(2)33-13-16(34-23)12-32-15-6-8-24-19(10-15)26-22(30)28-14-7-9-27(11-14)18-5-4-17(21(29)31-3)25-20(18)28;1-16-11(15)8-2-3-9-10(13-8)12-7-4-5-14(9)6-7;1-11(2)15-7-9(16-11)6-14-8-3-4-13-10(12)5-8;;;;/h4-6,8,10,14,16H,7,9,11-13H2,1-3H3,(H,24,26,30);2-3,7H,4-6H2,1H3,(H,12,13);3-5,9H,6-7H2,1-2H3,(H2,12,13);4*1H2/t14-,16-;7-;9-;;;;/m000..../s1. The molecule has 0 aliphatic carbocycles. The molecule has 0 radical (unpaired) electrons. The summed E-state index contributed by atoms with van der Waals surface area (Å²) in [5.41, 5.74) is 7.94. The largest absolute Gasteiger partial charge is 0.491 e. The Morgan fingerprint density at radius 3 is 1.89 bits per heavy atom. The minimum Gasteiger partial charge on any atom is -0.491 e. The van der Waals surface area contributed by atoms with E-state index in [9.17, 15) is 14.4 Å². The number of hydrogen-bond acceptors (Lipinski definition) is 19. The molecule has 4 bridgehead atoms. The Morgan fingerprint density at radius 2 is 1.30 bits per heavy atom. The number of nitrogens with two attached hydrogens (primary N) is 1. The molecule has 384 valence electrons. The predicted octanol–water partition coefficient (Wildman–Crippen LogP) is 4.94. The van der Waals surface area contributed by atoms with E-state index in [1.165, 1.54) is 14.2 Å². The first-order valence-electron chi connectivity index (χ1n) is 21.8. The Morgan fingerprint density at radius 1 is 0.743 bits per heavy atom. The Kier molecular flexibility index (Phi) is 20.3. The molecule has 4 aromatic rings. The summed E-state index contributed by atoms with van der Waals surface area (Å²) in [7, 11) is 2.67. The van der Waals surface area contributed by atoms with Gasteiger partial charge in [0.25, 0.3) is 0 Å². The average molecular weight is 1050 g/mol. The van der Waals surface area contributed by atoms with Crippen molar-refractivity contribution < 1.29 is 52.3 Å². The van der Waals surface area contributed by atoms with Crippen LogP contribution in [-0.4, -0.2) is 141 Å². The van der Waals surface area contributed by atoms with Crippen LogP contribution in [0.3, 0.4) is 0 Å². The molecule has 70 heavy (non-hydrogen) atoms. The highest BCUT2D eigenvalue weighted by Gasteiger charge is 2.41. The number of nitrogen functional groups attached to an aromatic ring is 1. The smallest absolute Gasteiger partial charge is 0.356 e. The van der Waals surface area contributed by atoms with E-state index in [0.717, 1.165) is 49.7 Å². The number of rotatable bonds is 9. The number of urea groups is 1. The molecule has 6 aliphatic rings. The number of nitrogens with zero attached hydrogens (tertiary/aromatic N) is 7. The third-order valence-corrected chi connectivity index (χ3v) is 11.4. The number of methoxy groups -OCH3 is 2. The third kappa shape index (κ3) is 14.0. The number of amides is 2. The molecule has 0 unspecified atom stereocenters. The second kappa shape index (κ2) is 24.8. The number of fused-ring (bicyclic) bond motifs is 8. The molecular weight excluding hydrogens is 985 g/mol. The van der Waals surface area contributed by atoms with E-state index in [1.54, 1.807) is 59.8 Å². The molecule has 25 heteroatoms. The maximum Gasteiger partial charge on any atom is 0.356 e. The quantitative estimate of drug-likeness (QED) is 0.188. The van der Waals surface area contributed by atoms with Crippen LogP contribution < -0.4 is 40.5 Å². The Labute approximate surface area is 434 Å². The van der Waals surface area contributed by atoms with Crippen LogP contribution in [0.25, 0.3) is 0 Å². The Bertz CT molecular complexity index is 2430. The molecule has 21 nitrogen and oxygen atoms in total. The number of nitrogens with one attached hydrogen (secondary N) is 2. The van der Waals surface area contributed by atoms with Crippen LogP contribution >= 0.6 is 54.0 Å². The summed E-state index contributed by atoms with van der Waals surface area (Å²) in [6, 6.07) is 13.9. The molecule has 0 spiro atoms. The van der Waals surface area contributed by atoms with Crippen LogP contribution in [0.5, 0.6) is 11.5 Å². The number of aromatic nitrogens is 4. The molecule has 10 heterocycles. The van der Waals surface area contributed by atoms with Gasteiger partial charge in [0.05, 0.1) is 44.8 Å². The van der Waals surface area contributed by atoms with E-state index in [0.29, 0.717) is 73.7 Å². The number of esters is 2. The summed E-state index contributed by atoms with van der Waals surface area (Å²) in [5.74, 6) is 1.20. The lowest BCUT2D eigenvalue weighted by Crippen LogP contribution is -2.48. The van der Waals surface area contributed by atoms with Gasteiger partial charge in [-0.25, -0.2) is 34.3 Å². The highest BCUT2D eigenvalue weighted by molar-refractivity contribution is 7.59. The monoisotopic (exact) mass is 1050 g/mol. The van der Waals surface area contributed by atoms with E-state index in [2.05, 4.69) is 45.1 Å². The Balaban J connectivity index is 0.000000249. The van der Waals surface area contributed by atoms with Crippen molar-refractivity contribution >= 4 is 107 Å². The molecule has 6 aliphatic heterocycles. The molecule has 4 atom stereocenters. The van der Waals surface area contributed by atoms with E-state index in [4.69, 9.17) is 38.9 Å². The fourth-order valence-corrected chi connectivity index (χ4v) is 8.34. The van der Waals surface area contributed by atoms with Gasteiger partial charge >= 0.3 is 18.0 Å². The lowest BCUT2D eigenvalue weighted by Gasteiger charge is -2.35. The number of pyridine rings is 4. The van der Waals surface area contributed by atoms with Crippen molar-refractivity contribution in [1.29, 1.82) is 0 Å². The molecule has 0 aromatic carbocycles. The topological polar surface area (TPSA) is 236 Å². The predicted molar refractivity (Wildman–Crippen MR) is 283 cm³/mol. The van der Waals surface area contributed by atoms with Crippen LogP contribution in [0.4, 0.5) is 39.4 Å². The zero-order valence-corrected chi connectivity index (χ0v) is 43.9. The van der Waals surface area contributed by atoms with Gasteiger partial charge in [-0.2, -0.15) is 54.0 Å². The normalized spacial score (nSPS) is 21.0. The third-order valence-electron chi connectivity index (χ3n) is 11.4. The molecule has 0 saturated carbocycles. The van der Waals surface area contributed by atoms with Crippen molar-refractivity contribution in [2.45, 2.75) is 76.4 Å². The van der Waals surface area contributed by atoms with Crippen LogP contribution in [0.2, 0.25) is 0 Å². The zero-order valence-electron chi connectivity index (χ0n) is 39.9. The highest BCUT2D eigenvalue weighted by atomic mass is 32.1. The zero-order chi connectivity index (χ0) is 46.6. The summed E-state index contributed by atoms with van der Waals surface area (Å²) < 4.78 is 43.2. The van der Waals surface area contributed by atoms with E-state index >= 15 is 0 Å². The second-order valence-electron chi connectivity index (χ2n) is 17.2. The van der Waals surface area contributed by atoms with Gasteiger partial charge < -0.3 is 58.7 Å². The summed E-state index contributed by atoms with van der Waals surface area (Å²) in [4.78, 5) is 59.7. The van der Waals surface area contributed by atoms with Crippen LogP contribution in [0, 0.1) is 0 Å². The van der Waals surface area contributed by atoms with E-state index in [-0.39, 0.29) is 84.0 Å². The maximum absolute atomic E-state index is 13.3. The molecule has 10 rings (SSSR count). The highest BCUT2D eigenvalue weighted by Crippen LogP contribution is 2.39. The number of carbonyl (C=O) groups is 3. The number of ether oxygens (including phenoxy) is 8. The summed E-state index contributed by atoms with van der Waals surface area (Å²) in [5, 5.41) is 6.19. The van der Waals surface area contributed by atoms with Crippen molar-refractivity contribution in [3.63, 3.8) is 0 Å². The number of anilines is 6. The first-order chi connectivity index (χ1) is 31.7. The second-order valence-corrected chi connectivity index (χ2v) is 17.2. The van der Waals surface area contributed by atoms with E-state index < -0.39 is 23.5 Å². The van der Waals surface area contributed by atoms with Crippen molar-refractivity contribution in [2.75, 3.05) is 97.9 Å². The van der Waals surface area contributed by atoms with Crippen LogP contribution in [-0.2, 0) is 28.4 Å². The summed E-state index contributed by atoms with van der Waals surface area (Å²) in [6.07, 6.45) is 4.89. The molecule has 4 fully saturated rings. The van der Waals surface area contributed by atoms with Gasteiger partial charge in [0.1, 0.15) is 48.6 Å². The number of carbonyl (C=O) groups excluding carboxylic acids is 3. The molecular formula is C45H64N10O11S4. The van der Waals surface area contributed by atoms with Gasteiger partial charge in [-0.15, -0.1) is 0 Å². The van der Waals surface area contributed by atoms with Crippen LogP contribution in [0.1, 0.15) is 61.5 Å². The lowest BCUT2D eigenvalue weighted by atomic mass is 10.2. The first kappa shape index (κ1) is 57.4. The maximum atomic E-state index is 13.3. The van der Waals surface area contributed by atoms with Crippen molar-refractivity contribution in [3.8, 4) is 11.5 Å². The van der Waals surface area contributed by atoms with Gasteiger partial charge in [-0.1, -0.05) is 0 Å². The van der Waals surface area contributed by atoms with Gasteiger partial charge in [0, 0.05) is 56.7 Å². The average Bonchev–Trinajstić information content (AvgIpc) is 4.09. The van der Waals surface area contributed by atoms with Crippen molar-refractivity contribution in [3.05, 3.63) is 72.3 Å². The first-order valence-corrected chi connectivity index (χ1v) is 21.8. The lowest BCUT2D eigenvalue weighted by molar-refractivity contribution is -0.141. The van der Waals surface area contributed by atoms with Gasteiger partial charge in [-0.05, 0) is 76.9 Å². The fourth-order valence-electron chi connectivity index (χ4n) is 8.34. The van der Waals surface area contributed by atoms with Gasteiger partial charge in [0.2, 0.25) is 0 Å². The van der Waals surface area contributed by atoms with Crippen LogP contribution in [0.15, 0.2) is 60.9 Å². The minimum atomic E-state index is -0.617. The number of hydrogen-bond donors (Lipinski definition) is 3. The summed E-state index contributed by atoms with van der Waals surface area (Å²) >= 11 is 0. The molecule has 4 aromatic heterocycles. The van der Waals surface area contributed by atoms with Gasteiger partial charge in [0.15, 0.2) is 34.6 Å². The Hall–Kier alpha value is -5.15. The molecule has 2 amide bonds. The van der Waals surface area contributed by atoms with Crippen molar-refractivity contribution in [1.82, 2.24) is 19.9 Å². The molecule has 4 N–H and O–H groups in total. The molecule has 4 saturated heterocycles. The van der Waals surface area contributed by atoms with E-state index in [1.807, 2.05) is 33.8 Å². The van der Waals surface area contributed by atoms with Gasteiger partial charge in [-0.3, -0.25) is 10.2 Å². The minimum absolute atomic E-state index is 0. The van der Waals surface area contributed by atoms with Crippen molar-refractivity contribution in [2.24, 2.45) is 0 Å². The fraction of sp³-hybridized carbons (Fsp3) is 0.489. The summed E-state index contributed by atoms with van der Waals surface area (Å²) in [6.45, 7) is 12.9. The SMILES string of the molecule is CC1(C)OC[C@H](COc2ccnc(N)c2)O1.COC(=O)c1ccc2c(n1)N(C(=O)Nc1cc(OC[C@H]3COC(C)(C)O3)ccn1)[C@H]1CCN2C1.COC(=O)c1ccc2c(n1)N[C@H]1CCN2C1.S.S.S.S.